The van der Waals surface area contributed by atoms with Crippen LogP contribution in [0, 0.1) is 6.92 Å². The molecule has 1 aromatic heterocycles. The number of morpholine rings is 1. The fourth-order valence-corrected chi connectivity index (χ4v) is 2.32. The summed E-state index contributed by atoms with van der Waals surface area (Å²) in [5.41, 5.74) is 1.54. The maximum Gasteiger partial charge on any atom is 0.322 e. The summed E-state index contributed by atoms with van der Waals surface area (Å²) in [6.07, 6.45) is 4.10. The van der Waals surface area contributed by atoms with Crippen LogP contribution in [0.15, 0.2) is 12.3 Å². The normalized spacial score (nSPS) is 22.0. The van der Waals surface area contributed by atoms with Crippen molar-refractivity contribution in [2.45, 2.75) is 38.8 Å². The quantitative estimate of drug-likeness (QED) is 0.927. The lowest BCUT2D eigenvalue weighted by Gasteiger charge is -2.33. The van der Waals surface area contributed by atoms with Gasteiger partial charge in [-0.25, -0.2) is 4.79 Å². The van der Waals surface area contributed by atoms with Gasteiger partial charge in [0.15, 0.2) is 5.75 Å². The van der Waals surface area contributed by atoms with Gasteiger partial charge in [-0.2, -0.15) is 0 Å². The maximum absolute atomic E-state index is 12.4. The van der Waals surface area contributed by atoms with E-state index in [0.29, 0.717) is 31.2 Å². The van der Waals surface area contributed by atoms with Gasteiger partial charge < -0.3 is 19.7 Å². The minimum Gasteiger partial charge on any atom is -0.487 e. The molecule has 1 N–H and O–H groups in total. The van der Waals surface area contributed by atoms with Gasteiger partial charge in [0.05, 0.1) is 37.2 Å². The zero-order chi connectivity index (χ0) is 14.8. The summed E-state index contributed by atoms with van der Waals surface area (Å²) in [4.78, 5) is 18.5. The van der Waals surface area contributed by atoms with Crippen LogP contribution in [0.25, 0.3) is 0 Å². The molecule has 6 nitrogen and oxygen atoms in total. The number of hydrogen-bond donors (Lipinski definition) is 1. The summed E-state index contributed by atoms with van der Waals surface area (Å²) in [5, 5.41) is 2.95. The second-order valence-electron chi connectivity index (χ2n) is 5.69. The lowest BCUT2D eigenvalue weighted by molar-refractivity contribution is 0.0221. The van der Waals surface area contributed by atoms with E-state index in [1.807, 2.05) is 19.9 Å². The molecule has 0 bridgehead atoms. The first-order chi connectivity index (χ1) is 10.1. The van der Waals surface area contributed by atoms with Crippen LogP contribution in [0.5, 0.6) is 5.75 Å². The molecule has 1 unspecified atom stereocenters. The van der Waals surface area contributed by atoms with Crippen LogP contribution in [0.2, 0.25) is 0 Å². The number of pyridine rings is 1. The predicted octanol–water partition coefficient (Wildman–Crippen LogP) is 2.18. The minimum absolute atomic E-state index is 0.0782. The Balaban J connectivity index is 1.73. The van der Waals surface area contributed by atoms with Gasteiger partial charge in [0.25, 0.3) is 0 Å². The van der Waals surface area contributed by atoms with Gasteiger partial charge in [-0.15, -0.1) is 0 Å². The van der Waals surface area contributed by atoms with Crippen molar-refractivity contribution in [3.8, 4) is 5.75 Å². The molecule has 1 saturated carbocycles. The second kappa shape index (κ2) is 5.89. The molecule has 1 saturated heterocycles. The lowest BCUT2D eigenvalue weighted by Crippen LogP contribution is -2.48. The number of carbonyl (C=O) groups is 1. The Hall–Kier alpha value is -1.82. The van der Waals surface area contributed by atoms with Crippen LogP contribution < -0.4 is 10.1 Å². The average Bonchev–Trinajstić information content (AvgIpc) is 3.26. The van der Waals surface area contributed by atoms with E-state index < -0.39 is 0 Å². The number of ether oxygens (including phenoxy) is 2. The summed E-state index contributed by atoms with van der Waals surface area (Å²) in [6.45, 7) is 5.65. The maximum atomic E-state index is 12.4. The molecular formula is C15H21N3O3. The van der Waals surface area contributed by atoms with Crippen molar-refractivity contribution in [3.63, 3.8) is 0 Å². The highest BCUT2D eigenvalue weighted by Crippen LogP contribution is 2.32. The lowest BCUT2D eigenvalue weighted by atomic mass is 10.2. The Morgan fingerprint density at radius 2 is 2.33 bits per heavy atom. The third kappa shape index (κ3) is 3.44. The molecule has 3 rings (SSSR count). The Labute approximate surface area is 124 Å². The summed E-state index contributed by atoms with van der Waals surface area (Å²) in [7, 11) is 0. The molecule has 0 aromatic carbocycles. The van der Waals surface area contributed by atoms with Gasteiger partial charge in [0.2, 0.25) is 0 Å². The third-order valence-corrected chi connectivity index (χ3v) is 3.69. The van der Waals surface area contributed by atoms with Crippen LogP contribution in [0.3, 0.4) is 0 Å². The summed E-state index contributed by atoms with van der Waals surface area (Å²) < 4.78 is 11.2. The van der Waals surface area contributed by atoms with Gasteiger partial charge in [-0.05, 0) is 32.8 Å². The third-order valence-electron chi connectivity index (χ3n) is 3.69. The smallest absolute Gasteiger partial charge is 0.322 e. The van der Waals surface area contributed by atoms with Crippen LogP contribution in [0.1, 0.15) is 25.5 Å². The van der Waals surface area contributed by atoms with Gasteiger partial charge in [0, 0.05) is 12.2 Å². The van der Waals surface area contributed by atoms with E-state index in [2.05, 4.69) is 10.3 Å². The van der Waals surface area contributed by atoms with Crippen molar-refractivity contribution in [2.24, 2.45) is 0 Å². The largest absolute Gasteiger partial charge is 0.487 e. The van der Waals surface area contributed by atoms with Crippen LogP contribution >= 0.6 is 0 Å². The topological polar surface area (TPSA) is 63.7 Å². The van der Waals surface area contributed by atoms with Crippen molar-refractivity contribution in [1.29, 1.82) is 0 Å². The Morgan fingerprint density at radius 3 is 3.05 bits per heavy atom. The first-order valence-corrected chi connectivity index (χ1v) is 7.42. The number of urea groups is 1. The molecule has 0 radical (unpaired) electrons. The fourth-order valence-electron chi connectivity index (χ4n) is 2.32. The number of aromatic nitrogens is 1. The average molecular weight is 291 g/mol. The molecule has 1 aromatic rings. The SMILES string of the molecule is Cc1cc(NC(=O)N2CCOCC2C)c(OC2CC2)cn1. The Bertz CT molecular complexity index is 531. The van der Waals surface area contributed by atoms with Crippen molar-refractivity contribution in [3.05, 3.63) is 18.0 Å². The number of hydrogen-bond acceptors (Lipinski definition) is 4. The number of aryl methyl sites for hydroxylation is 1. The monoisotopic (exact) mass is 291 g/mol. The number of nitrogens with zero attached hydrogens (tertiary/aromatic N) is 2. The van der Waals surface area contributed by atoms with E-state index in [4.69, 9.17) is 9.47 Å². The number of anilines is 1. The van der Waals surface area contributed by atoms with Crippen LogP contribution in [-0.4, -0.2) is 47.8 Å². The standard InChI is InChI=1S/C15H21N3O3/c1-10-7-13(14(8-16-10)21-12-3-4-12)17-15(19)18-5-6-20-9-11(18)2/h7-8,11-12H,3-6,9H2,1-2H3,(H,16,17,19). The van der Waals surface area contributed by atoms with Crippen molar-refractivity contribution in [1.82, 2.24) is 9.88 Å². The molecule has 2 heterocycles. The molecule has 1 aliphatic carbocycles. The molecular weight excluding hydrogens is 270 g/mol. The molecule has 2 aliphatic rings. The van der Waals surface area contributed by atoms with E-state index >= 15 is 0 Å². The predicted molar refractivity (Wildman–Crippen MR) is 78.6 cm³/mol. The first kappa shape index (κ1) is 14.1. The van der Waals surface area contributed by atoms with Gasteiger partial charge >= 0.3 is 6.03 Å². The summed E-state index contributed by atoms with van der Waals surface area (Å²) in [5.74, 6) is 0.650. The van der Waals surface area contributed by atoms with E-state index in [0.717, 1.165) is 18.5 Å². The Kier molecular flexibility index (Phi) is 3.96. The number of amides is 2. The second-order valence-corrected chi connectivity index (χ2v) is 5.69. The molecule has 21 heavy (non-hydrogen) atoms. The van der Waals surface area contributed by atoms with Crippen LogP contribution in [-0.2, 0) is 4.74 Å². The molecule has 1 aliphatic heterocycles. The van der Waals surface area contributed by atoms with E-state index in [1.54, 1.807) is 11.1 Å². The van der Waals surface area contributed by atoms with Crippen molar-refractivity contribution in [2.75, 3.05) is 25.1 Å². The number of nitrogens with one attached hydrogen (secondary N) is 1. The summed E-state index contributed by atoms with van der Waals surface area (Å²) in [6, 6.07) is 1.81. The summed E-state index contributed by atoms with van der Waals surface area (Å²) >= 11 is 0. The first-order valence-electron chi connectivity index (χ1n) is 7.42. The Morgan fingerprint density at radius 1 is 1.52 bits per heavy atom. The molecule has 6 heteroatoms. The molecule has 114 valence electrons. The zero-order valence-corrected chi connectivity index (χ0v) is 12.5. The molecule has 0 spiro atoms. The fraction of sp³-hybridized carbons (Fsp3) is 0.600. The van der Waals surface area contributed by atoms with Gasteiger partial charge in [-0.1, -0.05) is 0 Å². The highest BCUT2D eigenvalue weighted by atomic mass is 16.5. The molecule has 2 fully saturated rings. The zero-order valence-electron chi connectivity index (χ0n) is 12.5. The van der Waals surface area contributed by atoms with Crippen LogP contribution in [0.4, 0.5) is 10.5 Å². The minimum atomic E-state index is -0.114. The van der Waals surface area contributed by atoms with Gasteiger partial charge in [-0.3, -0.25) is 4.98 Å². The highest BCUT2D eigenvalue weighted by molar-refractivity contribution is 5.91. The van der Waals surface area contributed by atoms with Crippen molar-refractivity contribution < 1.29 is 14.3 Å². The molecule has 2 amide bonds. The van der Waals surface area contributed by atoms with E-state index in [9.17, 15) is 4.79 Å². The van der Waals surface area contributed by atoms with E-state index in [1.165, 1.54) is 0 Å². The van der Waals surface area contributed by atoms with Gasteiger partial charge in [0.1, 0.15) is 0 Å². The number of carbonyl (C=O) groups excluding carboxylic acids is 1. The number of rotatable bonds is 3. The highest BCUT2D eigenvalue weighted by Gasteiger charge is 2.27. The molecule has 1 atom stereocenters. The van der Waals surface area contributed by atoms with Crippen molar-refractivity contribution >= 4 is 11.7 Å². The van der Waals surface area contributed by atoms with E-state index in [-0.39, 0.29) is 18.2 Å².